The summed E-state index contributed by atoms with van der Waals surface area (Å²) in [7, 11) is 0. The number of hydrogen-bond acceptors (Lipinski definition) is 3. The Morgan fingerprint density at radius 3 is 2.12 bits per heavy atom. The molecule has 32 heavy (non-hydrogen) atoms. The zero-order chi connectivity index (χ0) is 23.3. The highest BCUT2D eigenvalue weighted by Crippen LogP contribution is 2.26. The van der Waals surface area contributed by atoms with Crippen LogP contribution in [0, 0.1) is 5.41 Å². The van der Waals surface area contributed by atoms with Gasteiger partial charge in [-0.1, -0.05) is 51.1 Å². The van der Waals surface area contributed by atoms with E-state index in [9.17, 15) is 14.4 Å². The molecule has 1 saturated heterocycles. The lowest BCUT2D eigenvalue weighted by Crippen LogP contribution is -2.49. The third-order valence-corrected chi connectivity index (χ3v) is 5.52. The van der Waals surface area contributed by atoms with Crippen molar-refractivity contribution in [2.75, 3.05) is 17.2 Å². The molecule has 2 unspecified atom stereocenters. The lowest BCUT2D eigenvalue weighted by Gasteiger charge is -2.31. The quantitative estimate of drug-likeness (QED) is 0.642. The molecule has 1 heterocycles. The van der Waals surface area contributed by atoms with Crippen LogP contribution in [0.5, 0.6) is 0 Å². The zero-order valence-corrected chi connectivity index (χ0v) is 19.1. The summed E-state index contributed by atoms with van der Waals surface area (Å²) in [5.74, 6) is -0.121. The first kappa shape index (κ1) is 23.3. The molecule has 1 aliphatic heterocycles. The van der Waals surface area contributed by atoms with E-state index >= 15 is 0 Å². The van der Waals surface area contributed by atoms with E-state index in [1.165, 1.54) is 0 Å². The molecule has 3 N–H and O–H groups in total. The number of nitrogens with one attached hydrogen (secondary N) is 3. The minimum Gasteiger partial charge on any atom is -0.348 e. The standard InChI is InChI=1S/C25H32N4O3/c1-17(26-22(30)21-11-8-16-29(21)23(31)25(2,3)4)18-12-14-20(15-13-18)28-24(32)27-19-9-6-5-7-10-19/h5-7,9-10,12-15,17,21H,8,11,16H2,1-4H3,(H,26,30)(H2,27,28,32). The Morgan fingerprint density at radius 2 is 1.53 bits per heavy atom. The van der Waals surface area contributed by atoms with E-state index in [2.05, 4.69) is 16.0 Å². The summed E-state index contributed by atoms with van der Waals surface area (Å²) >= 11 is 0. The van der Waals surface area contributed by atoms with Gasteiger partial charge in [0, 0.05) is 23.3 Å². The molecule has 7 heteroatoms. The van der Waals surface area contributed by atoms with Crippen molar-refractivity contribution in [1.29, 1.82) is 0 Å². The van der Waals surface area contributed by atoms with Gasteiger partial charge in [0.15, 0.2) is 0 Å². The van der Waals surface area contributed by atoms with Gasteiger partial charge in [-0.05, 0) is 49.6 Å². The number of benzene rings is 2. The Bertz CT molecular complexity index is 951. The number of likely N-dealkylation sites (tertiary alicyclic amines) is 1. The third kappa shape index (κ3) is 5.87. The molecule has 4 amide bonds. The lowest BCUT2D eigenvalue weighted by atomic mass is 9.94. The number of carbonyl (C=O) groups excluding carboxylic acids is 3. The number of hydrogen-bond donors (Lipinski definition) is 3. The average Bonchev–Trinajstić information content (AvgIpc) is 3.23. The number of amides is 4. The van der Waals surface area contributed by atoms with Crippen LogP contribution in [0.4, 0.5) is 16.2 Å². The van der Waals surface area contributed by atoms with Crippen LogP contribution in [0.15, 0.2) is 54.6 Å². The van der Waals surface area contributed by atoms with Crippen LogP contribution in [0.1, 0.15) is 52.1 Å². The van der Waals surface area contributed by atoms with Crippen molar-refractivity contribution >= 4 is 29.2 Å². The fourth-order valence-electron chi connectivity index (χ4n) is 3.78. The second kappa shape index (κ2) is 9.85. The molecule has 7 nitrogen and oxygen atoms in total. The second-order valence-electron chi connectivity index (χ2n) is 9.20. The molecule has 0 saturated carbocycles. The highest BCUT2D eigenvalue weighted by molar-refractivity contribution is 5.99. The van der Waals surface area contributed by atoms with Gasteiger partial charge in [0.1, 0.15) is 6.04 Å². The average molecular weight is 437 g/mol. The lowest BCUT2D eigenvalue weighted by molar-refractivity contribution is -0.144. The van der Waals surface area contributed by atoms with E-state index in [1.807, 2.05) is 70.2 Å². The van der Waals surface area contributed by atoms with E-state index in [0.29, 0.717) is 24.3 Å². The van der Waals surface area contributed by atoms with E-state index in [-0.39, 0.29) is 23.9 Å². The summed E-state index contributed by atoms with van der Waals surface area (Å²) < 4.78 is 0. The van der Waals surface area contributed by atoms with Crippen LogP contribution >= 0.6 is 0 Å². The van der Waals surface area contributed by atoms with E-state index < -0.39 is 11.5 Å². The molecule has 2 aromatic rings. The molecule has 2 aromatic carbocycles. The minimum absolute atomic E-state index is 0.00649. The summed E-state index contributed by atoms with van der Waals surface area (Å²) in [6.07, 6.45) is 1.51. The van der Waals surface area contributed by atoms with Crippen molar-refractivity contribution in [3.63, 3.8) is 0 Å². The van der Waals surface area contributed by atoms with Gasteiger partial charge in [-0.3, -0.25) is 9.59 Å². The van der Waals surface area contributed by atoms with Gasteiger partial charge in [-0.15, -0.1) is 0 Å². The van der Waals surface area contributed by atoms with Crippen molar-refractivity contribution in [3.05, 3.63) is 60.2 Å². The molecule has 0 spiro atoms. The summed E-state index contributed by atoms with van der Waals surface area (Å²) in [6, 6.07) is 15.6. The van der Waals surface area contributed by atoms with Crippen molar-refractivity contribution in [2.24, 2.45) is 5.41 Å². The summed E-state index contributed by atoms with van der Waals surface area (Å²) in [5.41, 5.74) is 1.77. The normalized spacial score (nSPS) is 16.9. The Hall–Kier alpha value is -3.35. The number of para-hydroxylation sites is 1. The first-order valence-electron chi connectivity index (χ1n) is 11.0. The predicted octanol–water partition coefficient (Wildman–Crippen LogP) is 4.54. The maximum Gasteiger partial charge on any atom is 0.323 e. The molecule has 1 aliphatic rings. The molecule has 0 radical (unpaired) electrons. The third-order valence-electron chi connectivity index (χ3n) is 5.52. The SMILES string of the molecule is CC(NC(=O)C1CCCN1C(=O)C(C)(C)C)c1ccc(NC(=O)Nc2ccccc2)cc1. The highest BCUT2D eigenvalue weighted by atomic mass is 16.2. The van der Waals surface area contributed by atoms with E-state index in [0.717, 1.165) is 12.0 Å². The number of carbonyl (C=O) groups is 3. The van der Waals surface area contributed by atoms with Crippen molar-refractivity contribution in [1.82, 2.24) is 10.2 Å². The smallest absolute Gasteiger partial charge is 0.323 e. The molecule has 1 fully saturated rings. The Kier molecular flexibility index (Phi) is 7.18. The summed E-state index contributed by atoms with van der Waals surface area (Å²) in [6.45, 7) is 8.16. The van der Waals surface area contributed by atoms with Gasteiger partial charge in [-0.25, -0.2) is 4.79 Å². The molecular weight excluding hydrogens is 404 g/mol. The maximum atomic E-state index is 12.9. The Labute approximate surface area is 189 Å². The van der Waals surface area contributed by atoms with Crippen LogP contribution < -0.4 is 16.0 Å². The van der Waals surface area contributed by atoms with Gasteiger partial charge < -0.3 is 20.9 Å². The zero-order valence-electron chi connectivity index (χ0n) is 19.1. The van der Waals surface area contributed by atoms with Crippen LogP contribution in [0.2, 0.25) is 0 Å². The van der Waals surface area contributed by atoms with Gasteiger partial charge >= 0.3 is 6.03 Å². The first-order chi connectivity index (χ1) is 15.1. The molecule has 170 valence electrons. The first-order valence-corrected chi connectivity index (χ1v) is 11.0. The van der Waals surface area contributed by atoms with Crippen molar-refractivity contribution < 1.29 is 14.4 Å². The van der Waals surface area contributed by atoms with Gasteiger partial charge in [0.25, 0.3) is 0 Å². The molecular formula is C25H32N4O3. The minimum atomic E-state index is -0.510. The topological polar surface area (TPSA) is 90.5 Å². The molecule has 0 bridgehead atoms. The highest BCUT2D eigenvalue weighted by Gasteiger charge is 2.38. The largest absolute Gasteiger partial charge is 0.348 e. The molecule has 0 aliphatic carbocycles. The van der Waals surface area contributed by atoms with Crippen LogP contribution in [0.3, 0.4) is 0 Å². The molecule has 2 atom stereocenters. The van der Waals surface area contributed by atoms with E-state index in [1.54, 1.807) is 17.0 Å². The van der Waals surface area contributed by atoms with E-state index in [4.69, 9.17) is 0 Å². The summed E-state index contributed by atoms with van der Waals surface area (Å²) in [4.78, 5) is 39.4. The fourth-order valence-corrected chi connectivity index (χ4v) is 3.78. The number of urea groups is 1. The fraction of sp³-hybridized carbons (Fsp3) is 0.400. The maximum absolute atomic E-state index is 12.9. The van der Waals surface area contributed by atoms with Crippen LogP contribution in [-0.2, 0) is 9.59 Å². The van der Waals surface area contributed by atoms with Gasteiger partial charge in [0.05, 0.1) is 6.04 Å². The van der Waals surface area contributed by atoms with Crippen molar-refractivity contribution in [2.45, 2.75) is 52.6 Å². The summed E-state index contributed by atoms with van der Waals surface area (Å²) in [5, 5.41) is 8.60. The van der Waals surface area contributed by atoms with Crippen molar-refractivity contribution in [3.8, 4) is 0 Å². The van der Waals surface area contributed by atoms with Gasteiger partial charge in [-0.2, -0.15) is 0 Å². The molecule has 0 aromatic heterocycles. The number of anilines is 2. The Balaban J connectivity index is 1.56. The second-order valence-corrected chi connectivity index (χ2v) is 9.20. The van der Waals surface area contributed by atoms with Crippen LogP contribution in [0.25, 0.3) is 0 Å². The predicted molar refractivity (Wildman–Crippen MR) is 126 cm³/mol. The monoisotopic (exact) mass is 436 g/mol. The molecule has 3 rings (SSSR count). The Morgan fingerprint density at radius 1 is 0.938 bits per heavy atom. The number of nitrogens with zero attached hydrogens (tertiary/aromatic N) is 1. The number of rotatable bonds is 5. The van der Waals surface area contributed by atoms with Gasteiger partial charge in [0.2, 0.25) is 11.8 Å². The van der Waals surface area contributed by atoms with Crippen LogP contribution in [-0.4, -0.2) is 35.3 Å².